The van der Waals surface area contributed by atoms with Crippen molar-refractivity contribution in [3.63, 3.8) is 0 Å². The number of para-hydroxylation sites is 1. The summed E-state index contributed by atoms with van der Waals surface area (Å²) in [6.07, 6.45) is 2.18. The van der Waals surface area contributed by atoms with Crippen LogP contribution in [-0.4, -0.2) is 0 Å². The van der Waals surface area contributed by atoms with E-state index in [1.807, 2.05) is 0 Å². The highest BCUT2D eigenvalue weighted by Crippen LogP contribution is 2.39. The van der Waals surface area contributed by atoms with Crippen LogP contribution < -0.4 is 9.30 Å². The maximum Gasteiger partial charge on any atom is 0.373 e. The Hall–Kier alpha value is -2.61. The highest BCUT2D eigenvalue weighted by Gasteiger charge is 2.31. The maximum absolute atomic E-state index is 6.30. The predicted molar refractivity (Wildman–Crippen MR) is 89.7 cm³/mol. The topological polar surface area (TPSA) is 13.1 Å². The van der Waals surface area contributed by atoms with Gasteiger partial charge in [-0.3, -0.25) is 0 Å². The lowest BCUT2D eigenvalue weighted by molar-refractivity contribution is -0.690. The molecule has 2 heteroatoms. The van der Waals surface area contributed by atoms with Crippen molar-refractivity contribution in [2.75, 3.05) is 0 Å². The summed E-state index contributed by atoms with van der Waals surface area (Å²) >= 11 is 0. The molecule has 2 nitrogen and oxygen atoms in total. The van der Waals surface area contributed by atoms with Crippen LogP contribution in [0.2, 0.25) is 0 Å². The smallest absolute Gasteiger partial charge is 0.373 e. The molecule has 1 aromatic heterocycles. The second-order valence-corrected chi connectivity index (χ2v) is 6.39. The molecule has 2 bridgehead atoms. The van der Waals surface area contributed by atoms with E-state index in [-0.39, 0.29) is 0 Å². The molecule has 0 saturated heterocycles. The fourth-order valence-electron chi connectivity index (χ4n) is 3.96. The minimum Gasteiger partial charge on any atom is -0.405 e. The zero-order valence-electron chi connectivity index (χ0n) is 12.9. The van der Waals surface area contributed by atoms with Crippen molar-refractivity contribution in [3.05, 3.63) is 77.9 Å². The van der Waals surface area contributed by atoms with E-state index in [4.69, 9.17) is 4.74 Å². The molecule has 0 N–H and O–H groups in total. The van der Waals surface area contributed by atoms with Crippen LogP contribution in [0.4, 0.5) is 0 Å². The third-order valence-electron chi connectivity index (χ3n) is 5.08. The normalized spacial score (nSPS) is 17.8. The second kappa shape index (κ2) is 4.95. The average molecular weight is 300 g/mol. The summed E-state index contributed by atoms with van der Waals surface area (Å²) in [6.45, 7) is 0.999. The van der Waals surface area contributed by atoms with Gasteiger partial charge in [-0.2, -0.15) is 4.57 Å². The molecule has 0 saturated carbocycles. The van der Waals surface area contributed by atoms with E-state index in [0.29, 0.717) is 5.92 Å². The first-order valence-corrected chi connectivity index (χ1v) is 8.28. The minimum atomic E-state index is 0.529. The van der Waals surface area contributed by atoms with E-state index in [2.05, 4.69) is 71.3 Å². The first kappa shape index (κ1) is 12.9. The lowest BCUT2D eigenvalue weighted by atomic mass is 9.86. The van der Waals surface area contributed by atoms with Gasteiger partial charge in [0.25, 0.3) is 0 Å². The van der Waals surface area contributed by atoms with Gasteiger partial charge in [0.1, 0.15) is 5.75 Å². The number of benzene rings is 2. The summed E-state index contributed by atoms with van der Waals surface area (Å²) in [5.41, 5.74) is 5.38. The van der Waals surface area contributed by atoms with Gasteiger partial charge in [0.05, 0.1) is 6.07 Å². The maximum atomic E-state index is 6.30. The molecule has 2 aliphatic rings. The summed E-state index contributed by atoms with van der Waals surface area (Å²) in [6, 6.07) is 23.7. The molecule has 5 rings (SSSR count). The van der Waals surface area contributed by atoms with Gasteiger partial charge >= 0.3 is 5.88 Å². The number of rotatable bonds is 0. The Morgan fingerprint density at radius 2 is 1.74 bits per heavy atom. The van der Waals surface area contributed by atoms with Crippen LogP contribution in [0.5, 0.6) is 11.6 Å². The number of pyridine rings is 1. The van der Waals surface area contributed by atoms with Crippen LogP contribution in [-0.2, 0) is 13.0 Å². The molecule has 2 aliphatic heterocycles. The van der Waals surface area contributed by atoms with Gasteiger partial charge < -0.3 is 4.74 Å². The van der Waals surface area contributed by atoms with E-state index >= 15 is 0 Å². The second-order valence-electron chi connectivity index (χ2n) is 6.39. The highest BCUT2D eigenvalue weighted by molar-refractivity contribution is 5.63. The van der Waals surface area contributed by atoms with Crippen molar-refractivity contribution >= 4 is 0 Å². The highest BCUT2D eigenvalue weighted by atomic mass is 16.5. The van der Waals surface area contributed by atoms with Crippen molar-refractivity contribution in [3.8, 4) is 22.9 Å². The Morgan fingerprint density at radius 3 is 2.74 bits per heavy atom. The Labute approximate surface area is 136 Å². The lowest BCUT2D eigenvalue weighted by Crippen LogP contribution is -2.37. The van der Waals surface area contributed by atoms with E-state index in [1.165, 1.54) is 22.4 Å². The molecule has 0 aliphatic carbocycles. The van der Waals surface area contributed by atoms with Gasteiger partial charge in [0.15, 0.2) is 6.54 Å². The van der Waals surface area contributed by atoms with Gasteiger partial charge in [0, 0.05) is 18.1 Å². The van der Waals surface area contributed by atoms with Crippen molar-refractivity contribution in [2.45, 2.75) is 25.3 Å². The molecule has 0 fully saturated rings. The minimum absolute atomic E-state index is 0.529. The van der Waals surface area contributed by atoms with Crippen LogP contribution in [0, 0.1) is 0 Å². The third-order valence-corrected chi connectivity index (χ3v) is 5.08. The van der Waals surface area contributed by atoms with Crippen LogP contribution in [0.1, 0.15) is 23.5 Å². The molecule has 1 atom stereocenters. The Morgan fingerprint density at radius 1 is 0.870 bits per heavy atom. The van der Waals surface area contributed by atoms with Crippen LogP contribution in [0.25, 0.3) is 11.3 Å². The van der Waals surface area contributed by atoms with Crippen molar-refractivity contribution in [2.24, 2.45) is 0 Å². The van der Waals surface area contributed by atoms with E-state index in [0.717, 1.165) is 31.0 Å². The number of hydrogen-bond acceptors (Lipinski definition) is 1. The van der Waals surface area contributed by atoms with Crippen molar-refractivity contribution in [1.29, 1.82) is 0 Å². The van der Waals surface area contributed by atoms with E-state index in [9.17, 15) is 0 Å². The summed E-state index contributed by atoms with van der Waals surface area (Å²) in [7, 11) is 0. The van der Waals surface area contributed by atoms with Gasteiger partial charge in [-0.05, 0) is 41.7 Å². The molecular weight excluding hydrogens is 282 g/mol. The number of ether oxygens (including phenoxy) is 1. The SMILES string of the molecule is c1ccc2c(c1)CC1CC[n+]3c(cccc3-c3ccccc31)O2. The Bertz CT molecular complexity index is 900. The monoisotopic (exact) mass is 300 g/mol. The molecule has 0 spiro atoms. The molecule has 1 unspecified atom stereocenters. The molecular formula is C21H18NO+. The first-order chi connectivity index (χ1) is 11.4. The van der Waals surface area contributed by atoms with Gasteiger partial charge in [-0.15, -0.1) is 0 Å². The average Bonchev–Trinajstić information content (AvgIpc) is 2.69. The summed E-state index contributed by atoms with van der Waals surface area (Å²) in [5, 5.41) is 0. The van der Waals surface area contributed by atoms with E-state index < -0.39 is 0 Å². The molecule has 0 radical (unpaired) electrons. The molecule has 2 aromatic carbocycles. The van der Waals surface area contributed by atoms with Crippen LogP contribution >= 0.6 is 0 Å². The largest absolute Gasteiger partial charge is 0.405 e. The lowest BCUT2D eigenvalue weighted by Gasteiger charge is -2.18. The number of nitrogens with zero attached hydrogens (tertiary/aromatic N) is 1. The van der Waals surface area contributed by atoms with Gasteiger partial charge in [-0.1, -0.05) is 36.4 Å². The van der Waals surface area contributed by atoms with E-state index in [1.54, 1.807) is 0 Å². The fourth-order valence-corrected chi connectivity index (χ4v) is 3.96. The first-order valence-electron chi connectivity index (χ1n) is 8.28. The quantitative estimate of drug-likeness (QED) is 0.558. The van der Waals surface area contributed by atoms with Crippen molar-refractivity contribution < 1.29 is 9.30 Å². The molecule has 3 heterocycles. The van der Waals surface area contributed by atoms with Crippen molar-refractivity contribution in [1.82, 2.24) is 0 Å². The summed E-state index contributed by atoms with van der Waals surface area (Å²) in [5.74, 6) is 2.46. The standard InChI is InChI=1S/C21H18NO/c1-4-10-20-16(6-1)14-15-12-13-22-19(9-5-11-21(22)23-20)18-8-3-2-7-17(15)18/h1-11,15H,12-14H2/q+1. The number of fused-ring (bicyclic) bond motifs is 6. The summed E-state index contributed by atoms with van der Waals surface area (Å²) in [4.78, 5) is 0. The van der Waals surface area contributed by atoms with Crippen LogP contribution in [0.15, 0.2) is 66.7 Å². The zero-order valence-corrected chi connectivity index (χ0v) is 12.9. The molecule has 23 heavy (non-hydrogen) atoms. The Kier molecular flexibility index (Phi) is 2.77. The van der Waals surface area contributed by atoms with Crippen LogP contribution in [0.3, 0.4) is 0 Å². The Balaban J connectivity index is 1.85. The molecule has 112 valence electrons. The zero-order chi connectivity index (χ0) is 15.2. The number of hydrogen-bond donors (Lipinski definition) is 0. The van der Waals surface area contributed by atoms with Gasteiger partial charge in [-0.25, -0.2) is 0 Å². The molecule has 3 aromatic rings. The van der Waals surface area contributed by atoms with Gasteiger partial charge in [0.2, 0.25) is 5.69 Å². The predicted octanol–water partition coefficient (Wildman–Crippen LogP) is 4.48. The summed E-state index contributed by atoms with van der Waals surface area (Å²) < 4.78 is 8.64. The fraction of sp³-hybridized carbons (Fsp3) is 0.190. The number of aromatic nitrogens is 1. The third kappa shape index (κ3) is 1.98. The molecule has 0 amide bonds.